The summed E-state index contributed by atoms with van der Waals surface area (Å²) >= 11 is 0. The first-order valence-electron chi connectivity index (χ1n) is 8.79. The van der Waals surface area contributed by atoms with Crippen LogP contribution >= 0.6 is 0 Å². The average Bonchev–Trinajstić information content (AvgIpc) is 3.10. The number of nitrogens with one attached hydrogen (secondary N) is 1. The first kappa shape index (κ1) is 16.4. The lowest BCUT2D eigenvalue weighted by atomic mass is 10.1. The molecule has 1 N–H and O–H groups in total. The standard InChI is InChI=1S/C20H22N4O2/c1-14-6-7-18-17(12-14)19(22-21-18)20(25)24-10-8-23(9-11-24)15-4-3-5-16(13-15)26-2/h3-7,12-13H,8-11H2,1-2H3,(H,21,22). The fourth-order valence-electron chi connectivity index (χ4n) is 3.42. The minimum Gasteiger partial charge on any atom is -0.497 e. The number of aromatic nitrogens is 2. The fourth-order valence-corrected chi connectivity index (χ4v) is 3.42. The number of methoxy groups -OCH3 is 1. The number of fused-ring (bicyclic) bond motifs is 1. The summed E-state index contributed by atoms with van der Waals surface area (Å²) in [7, 11) is 1.67. The quantitative estimate of drug-likeness (QED) is 0.789. The number of H-pyrrole nitrogens is 1. The Morgan fingerprint density at radius 2 is 1.92 bits per heavy atom. The number of hydrogen-bond donors (Lipinski definition) is 1. The van der Waals surface area contributed by atoms with Crippen LogP contribution in [0.25, 0.3) is 10.9 Å². The summed E-state index contributed by atoms with van der Waals surface area (Å²) in [5.74, 6) is 0.839. The van der Waals surface area contributed by atoms with Gasteiger partial charge in [-0.15, -0.1) is 0 Å². The Hall–Kier alpha value is -3.02. The topological polar surface area (TPSA) is 61.5 Å². The van der Waals surface area contributed by atoms with Crippen molar-refractivity contribution in [1.29, 1.82) is 0 Å². The number of carbonyl (C=O) groups excluding carboxylic acids is 1. The zero-order valence-corrected chi connectivity index (χ0v) is 15.0. The second kappa shape index (κ2) is 6.71. The summed E-state index contributed by atoms with van der Waals surface area (Å²) in [6.45, 7) is 4.96. The van der Waals surface area contributed by atoms with Crippen LogP contribution in [-0.4, -0.2) is 54.3 Å². The van der Waals surface area contributed by atoms with Crippen LogP contribution in [0.5, 0.6) is 5.75 Å². The number of piperazine rings is 1. The number of carbonyl (C=O) groups is 1. The molecule has 0 bridgehead atoms. The molecule has 2 heterocycles. The van der Waals surface area contributed by atoms with Crippen molar-refractivity contribution in [3.63, 3.8) is 0 Å². The summed E-state index contributed by atoms with van der Waals surface area (Å²) in [5, 5.41) is 8.12. The van der Waals surface area contributed by atoms with Crippen molar-refractivity contribution in [3.8, 4) is 5.75 Å². The molecule has 1 aliphatic rings. The van der Waals surface area contributed by atoms with Crippen molar-refractivity contribution in [1.82, 2.24) is 15.1 Å². The summed E-state index contributed by atoms with van der Waals surface area (Å²) < 4.78 is 5.30. The molecule has 6 heteroatoms. The smallest absolute Gasteiger partial charge is 0.275 e. The lowest BCUT2D eigenvalue weighted by molar-refractivity contribution is 0.0742. The van der Waals surface area contributed by atoms with Gasteiger partial charge in [-0.2, -0.15) is 5.10 Å². The molecule has 4 rings (SSSR count). The van der Waals surface area contributed by atoms with Crippen molar-refractivity contribution < 1.29 is 9.53 Å². The normalized spacial score (nSPS) is 14.7. The minimum atomic E-state index is -0.00728. The highest BCUT2D eigenvalue weighted by Gasteiger charge is 2.25. The van der Waals surface area contributed by atoms with Crippen molar-refractivity contribution in [2.45, 2.75) is 6.92 Å². The number of ether oxygens (including phenoxy) is 1. The molecule has 1 amide bonds. The van der Waals surface area contributed by atoms with Gasteiger partial charge in [-0.25, -0.2) is 0 Å². The van der Waals surface area contributed by atoms with Crippen molar-refractivity contribution in [3.05, 3.63) is 53.7 Å². The second-order valence-corrected chi connectivity index (χ2v) is 6.60. The minimum absolute atomic E-state index is 0.00728. The van der Waals surface area contributed by atoms with Crippen LogP contribution in [0.4, 0.5) is 5.69 Å². The number of aryl methyl sites for hydroxylation is 1. The largest absolute Gasteiger partial charge is 0.497 e. The summed E-state index contributed by atoms with van der Waals surface area (Å²) in [4.78, 5) is 17.1. The summed E-state index contributed by atoms with van der Waals surface area (Å²) in [6, 6.07) is 14.0. The Morgan fingerprint density at radius 1 is 1.12 bits per heavy atom. The predicted molar refractivity (Wildman–Crippen MR) is 102 cm³/mol. The first-order valence-corrected chi connectivity index (χ1v) is 8.79. The average molecular weight is 350 g/mol. The van der Waals surface area contributed by atoms with E-state index in [1.807, 2.05) is 48.2 Å². The van der Waals surface area contributed by atoms with Gasteiger partial charge < -0.3 is 14.5 Å². The maximum atomic E-state index is 12.9. The number of anilines is 1. The van der Waals surface area contributed by atoms with Crippen LogP contribution in [0.3, 0.4) is 0 Å². The third-order valence-corrected chi connectivity index (χ3v) is 4.91. The van der Waals surface area contributed by atoms with Crippen LogP contribution in [0, 0.1) is 6.92 Å². The van der Waals surface area contributed by atoms with Gasteiger partial charge in [-0.3, -0.25) is 9.89 Å². The van der Waals surface area contributed by atoms with Gasteiger partial charge >= 0.3 is 0 Å². The van der Waals surface area contributed by atoms with Crippen LogP contribution in [0.15, 0.2) is 42.5 Å². The van der Waals surface area contributed by atoms with Crippen LogP contribution < -0.4 is 9.64 Å². The molecule has 1 saturated heterocycles. The monoisotopic (exact) mass is 350 g/mol. The molecule has 6 nitrogen and oxygen atoms in total. The van der Waals surface area contributed by atoms with E-state index >= 15 is 0 Å². The molecule has 0 spiro atoms. The van der Waals surface area contributed by atoms with E-state index in [0.717, 1.165) is 41.0 Å². The van der Waals surface area contributed by atoms with Crippen molar-refractivity contribution in [2.75, 3.05) is 38.2 Å². The van der Waals surface area contributed by atoms with Crippen molar-refractivity contribution >= 4 is 22.5 Å². The molecule has 1 fully saturated rings. The molecule has 3 aromatic rings. The number of rotatable bonds is 3. The zero-order valence-electron chi connectivity index (χ0n) is 15.0. The molecule has 1 aliphatic heterocycles. The SMILES string of the molecule is COc1cccc(N2CCN(C(=O)c3n[nH]c4ccc(C)cc34)CC2)c1. The molecule has 0 saturated carbocycles. The van der Waals surface area contributed by atoms with Crippen LogP contribution in [0.2, 0.25) is 0 Å². The Labute approximate surface area is 152 Å². The number of aromatic amines is 1. The van der Waals surface area contributed by atoms with Gasteiger partial charge in [0.2, 0.25) is 0 Å². The molecule has 1 aromatic heterocycles. The summed E-state index contributed by atoms with van der Waals surface area (Å²) in [5.41, 5.74) is 3.65. The molecule has 0 aliphatic carbocycles. The van der Waals surface area contributed by atoms with Crippen LogP contribution in [0.1, 0.15) is 16.1 Å². The van der Waals surface area contributed by atoms with Gasteiger partial charge in [-0.1, -0.05) is 17.7 Å². The molecule has 134 valence electrons. The Morgan fingerprint density at radius 3 is 2.69 bits per heavy atom. The van der Waals surface area contributed by atoms with E-state index in [4.69, 9.17) is 4.74 Å². The number of hydrogen-bond acceptors (Lipinski definition) is 4. The maximum Gasteiger partial charge on any atom is 0.275 e. The maximum absolute atomic E-state index is 12.9. The Balaban J connectivity index is 1.48. The summed E-state index contributed by atoms with van der Waals surface area (Å²) in [6.07, 6.45) is 0. The van der Waals surface area contributed by atoms with Gasteiger partial charge in [0.1, 0.15) is 5.75 Å². The third-order valence-electron chi connectivity index (χ3n) is 4.91. The lowest BCUT2D eigenvalue weighted by Crippen LogP contribution is -2.48. The van der Waals surface area contributed by atoms with E-state index in [2.05, 4.69) is 21.2 Å². The van der Waals surface area contributed by atoms with Crippen molar-refractivity contribution in [2.24, 2.45) is 0 Å². The van der Waals surface area contributed by atoms with Gasteiger partial charge in [0.05, 0.1) is 12.6 Å². The van der Waals surface area contributed by atoms with Gasteiger partial charge in [0.15, 0.2) is 5.69 Å². The molecule has 26 heavy (non-hydrogen) atoms. The van der Waals surface area contributed by atoms with E-state index in [1.165, 1.54) is 0 Å². The molecular formula is C20H22N4O2. The molecule has 2 aromatic carbocycles. The van der Waals surface area contributed by atoms with Gasteiger partial charge in [0, 0.05) is 43.3 Å². The first-order chi connectivity index (χ1) is 12.7. The second-order valence-electron chi connectivity index (χ2n) is 6.60. The molecule has 0 radical (unpaired) electrons. The van der Waals surface area contributed by atoms with E-state index < -0.39 is 0 Å². The molecule has 0 atom stereocenters. The van der Waals surface area contributed by atoms with Gasteiger partial charge in [-0.05, 0) is 31.2 Å². The Bertz CT molecular complexity index is 942. The molecule has 0 unspecified atom stereocenters. The highest BCUT2D eigenvalue weighted by molar-refractivity contribution is 6.04. The van der Waals surface area contributed by atoms with E-state index in [-0.39, 0.29) is 5.91 Å². The number of benzene rings is 2. The zero-order chi connectivity index (χ0) is 18.1. The predicted octanol–water partition coefficient (Wildman–Crippen LogP) is 2.84. The molecular weight excluding hydrogens is 328 g/mol. The Kier molecular flexibility index (Phi) is 4.24. The van der Waals surface area contributed by atoms with Gasteiger partial charge in [0.25, 0.3) is 5.91 Å². The lowest BCUT2D eigenvalue weighted by Gasteiger charge is -2.36. The van der Waals surface area contributed by atoms with E-state index in [9.17, 15) is 4.79 Å². The highest BCUT2D eigenvalue weighted by atomic mass is 16.5. The number of amides is 1. The number of nitrogens with zero attached hydrogens (tertiary/aromatic N) is 3. The van der Waals surface area contributed by atoms with E-state index in [0.29, 0.717) is 18.8 Å². The third kappa shape index (κ3) is 2.98. The van der Waals surface area contributed by atoms with E-state index in [1.54, 1.807) is 7.11 Å². The highest BCUT2D eigenvalue weighted by Crippen LogP contribution is 2.23. The van der Waals surface area contributed by atoms with Crippen LogP contribution in [-0.2, 0) is 0 Å². The fraction of sp³-hybridized carbons (Fsp3) is 0.300.